The first kappa shape index (κ1) is 31.1. The number of aryl methyl sites for hydroxylation is 1. The average molecular weight is 611 g/mol. The zero-order valence-corrected chi connectivity index (χ0v) is 25.0. The Morgan fingerprint density at radius 3 is 2.51 bits per heavy atom. The van der Waals surface area contributed by atoms with E-state index in [1.54, 1.807) is 24.3 Å². The van der Waals surface area contributed by atoms with E-state index in [-0.39, 0.29) is 18.3 Å². The van der Waals surface area contributed by atoms with Crippen LogP contribution >= 0.6 is 0 Å². The van der Waals surface area contributed by atoms with Crippen LogP contribution in [0.4, 0.5) is 4.79 Å². The summed E-state index contributed by atoms with van der Waals surface area (Å²) in [6.45, 7) is 4.24. The van der Waals surface area contributed by atoms with Crippen LogP contribution in [0.2, 0.25) is 0 Å². The van der Waals surface area contributed by atoms with E-state index in [0.29, 0.717) is 39.0 Å². The molecule has 2 heterocycles. The van der Waals surface area contributed by atoms with Crippen molar-refractivity contribution < 1.29 is 28.6 Å². The zero-order valence-electron chi connectivity index (χ0n) is 25.0. The summed E-state index contributed by atoms with van der Waals surface area (Å²) in [5, 5.41) is 11.5. The molecule has 4 aromatic rings. The van der Waals surface area contributed by atoms with E-state index < -0.39 is 24.9 Å². The van der Waals surface area contributed by atoms with Crippen molar-refractivity contribution >= 4 is 34.7 Å². The molecule has 1 aliphatic heterocycles. The summed E-state index contributed by atoms with van der Waals surface area (Å²) in [4.78, 5) is 47.1. The van der Waals surface area contributed by atoms with Crippen molar-refractivity contribution in [2.45, 2.75) is 39.3 Å². The number of nitrogens with two attached hydrogens (primary N) is 1. The molecule has 1 atom stereocenters. The third kappa shape index (κ3) is 7.42. The highest BCUT2D eigenvalue weighted by molar-refractivity contribution is 6.05. The number of benzene rings is 3. The molecule has 3 aromatic carbocycles. The Labute approximate surface area is 260 Å². The number of fused-ring (bicyclic) bond motifs is 1. The van der Waals surface area contributed by atoms with Gasteiger partial charge in [0, 0.05) is 42.1 Å². The third-order valence-corrected chi connectivity index (χ3v) is 7.48. The number of nitrogens with zero attached hydrogens (tertiary/aromatic N) is 3. The summed E-state index contributed by atoms with van der Waals surface area (Å²) in [6.07, 6.45) is 2.44. The molecule has 45 heavy (non-hydrogen) atoms. The maximum Gasteiger partial charge on any atom is 0.415 e. The van der Waals surface area contributed by atoms with Gasteiger partial charge in [0.05, 0.1) is 17.3 Å². The molecule has 1 fully saturated rings. The fourth-order valence-corrected chi connectivity index (χ4v) is 5.14. The fraction of sp³-hybridized carbons (Fsp3) is 0.273. The molecule has 1 aliphatic rings. The Bertz CT molecular complexity index is 1740. The first-order valence-corrected chi connectivity index (χ1v) is 14.5. The van der Waals surface area contributed by atoms with Crippen LogP contribution < -0.4 is 15.8 Å². The minimum atomic E-state index is -0.965. The molecule has 0 bridgehead atoms. The minimum absolute atomic E-state index is 0.0157. The fourth-order valence-electron chi connectivity index (χ4n) is 5.14. The lowest BCUT2D eigenvalue weighted by atomic mass is 9.95. The largest absolute Gasteiger partial charge is 0.489 e. The summed E-state index contributed by atoms with van der Waals surface area (Å²) < 4.78 is 15.6. The van der Waals surface area contributed by atoms with E-state index in [1.165, 1.54) is 13.3 Å². The number of ether oxygens (including phenoxy) is 3. The first-order valence-electron chi connectivity index (χ1n) is 14.5. The van der Waals surface area contributed by atoms with Gasteiger partial charge in [-0.1, -0.05) is 30.3 Å². The summed E-state index contributed by atoms with van der Waals surface area (Å²) in [6, 6.07) is 17.4. The summed E-state index contributed by atoms with van der Waals surface area (Å²) in [7, 11) is 0. The number of alkyl carbamates (subject to hydrolysis) is 1. The van der Waals surface area contributed by atoms with E-state index in [1.807, 2.05) is 48.2 Å². The van der Waals surface area contributed by atoms with Gasteiger partial charge in [-0.05, 0) is 61.2 Å². The van der Waals surface area contributed by atoms with Gasteiger partial charge in [-0.3, -0.25) is 20.3 Å². The zero-order chi connectivity index (χ0) is 31.9. The van der Waals surface area contributed by atoms with Crippen LogP contribution in [0.25, 0.3) is 10.9 Å². The van der Waals surface area contributed by atoms with Crippen LogP contribution in [-0.2, 0) is 20.9 Å². The number of carbonyl (C=O) groups excluding carboxylic acids is 3. The maximum absolute atomic E-state index is 13.2. The van der Waals surface area contributed by atoms with Gasteiger partial charge in [0.25, 0.3) is 5.91 Å². The van der Waals surface area contributed by atoms with Gasteiger partial charge >= 0.3 is 12.1 Å². The van der Waals surface area contributed by atoms with Crippen molar-refractivity contribution in [3.63, 3.8) is 0 Å². The molecule has 12 nitrogen and oxygen atoms in total. The highest BCUT2D eigenvalue weighted by Gasteiger charge is 2.24. The lowest BCUT2D eigenvalue weighted by molar-refractivity contribution is -0.148. The third-order valence-electron chi connectivity index (χ3n) is 7.48. The molecule has 232 valence electrons. The number of likely N-dealkylation sites (tertiary alicyclic amines) is 1. The Morgan fingerprint density at radius 2 is 1.78 bits per heavy atom. The van der Waals surface area contributed by atoms with Crippen molar-refractivity contribution in [3.8, 4) is 5.75 Å². The van der Waals surface area contributed by atoms with Crippen LogP contribution in [0.3, 0.4) is 0 Å². The van der Waals surface area contributed by atoms with Gasteiger partial charge in [0.2, 0.25) is 6.79 Å². The standard InChI is InChI=1S/C33H34N6O6/c1-20-14-25-27(16-24(20)32(41)39-12-6-7-13-39)36-18-37-30(25)29(34)26-15-23(31(35)38-33(42)45-19-44-21(2)40)10-11-28(26)43-17-22-8-4-3-5-9-22/h3-5,8-11,14-16,18,29H,6-7,12-13,17,19,34H2,1-2H3,(H2,35,38,42). The second kappa shape index (κ2) is 14.0. The summed E-state index contributed by atoms with van der Waals surface area (Å²) in [5.74, 6) is -0.425. The van der Waals surface area contributed by atoms with Crippen LogP contribution in [0.15, 0.2) is 67.0 Å². The molecule has 1 unspecified atom stereocenters. The van der Waals surface area contributed by atoms with Crippen molar-refractivity contribution in [2.24, 2.45) is 5.73 Å². The predicted molar refractivity (Wildman–Crippen MR) is 166 cm³/mol. The number of amides is 2. The highest BCUT2D eigenvalue weighted by atomic mass is 16.7. The molecule has 1 saturated heterocycles. The maximum atomic E-state index is 13.2. The van der Waals surface area contributed by atoms with Gasteiger partial charge in [-0.15, -0.1) is 0 Å². The first-order chi connectivity index (χ1) is 21.7. The van der Waals surface area contributed by atoms with E-state index in [2.05, 4.69) is 20.0 Å². The number of hydrogen-bond acceptors (Lipinski definition) is 10. The van der Waals surface area contributed by atoms with Gasteiger partial charge in [-0.25, -0.2) is 14.8 Å². The molecular weight excluding hydrogens is 576 g/mol. The van der Waals surface area contributed by atoms with E-state index in [9.17, 15) is 14.4 Å². The number of nitrogens with one attached hydrogen (secondary N) is 2. The number of hydrogen-bond donors (Lipinski definition) is 3. The normalized spacial score (nSPS) is 13.3. The van der Waals surface area contributed by atoms with Crippen LogP contribution in [0.1, 0.15) is 64.1 Å². The molecule has 0 aliphatic carbocycles. The smallest absolute Gasteiger partial charge is 0.415 e. The molecule has 12 heteroatoms. The predicted octanol–water partition coefficient (Wildman–Crippen LogP) is 4.37. The Hall–Kier alpha value is -5.36. The number of amidine groups is 1. The SMILES string of the molecule is CC(=O)OCOC(=O)NC(=N)c1ccc(OCc2ccccc2)c(C(N)c2ncnc3cc(C(=O)N4CCCC4)c(C)cc23)c1. The topological polar surface area (TPSA) is 170 Å². The Morgan fingerprint density at radius 1 is 1.02 bits per heavy atom. The highest BCUT2D eigenvalue weighted by Crippen LogP contribution is 2.33. The second-order valence-corrected chi connectivity index (χ2v) is 10.6. The van der Waals surface area contributed by atoms with E-state index in [0.717, 1.165) is 37.1 Å². The van der Waals surface area contributed by atoms with Crippen LogP contribution in [0.5, 0.6) is 5.75 Å². The molecular formula is C33H34N6O6. The van der Waals surface area contributed by atoms with Crippen molar-refractivity contribution in [1.29, 1.82) is 5.41 Å². The quantitative estimate of drug-likeness (QED) is 0.108. The monoisotopic (exact) mass is 610 g/mol. The second-order valence-electron chi connectivity index (χ2n) is 10.6. The lowest BCUT2D eigenvalue weighted by Gasteiger charge is -2.21. The van der Waals surface area contributed by atoms with Gasteiger partial charge in [0.1, 0.15) is 24.5 Å². The van der Waals surface area contributed by atoms with E-state index >= 15 is 0 Å². The number of carbonyl (C=O) groups is 3. The summed E-state index contributed by atoms with van der Waals surface area (Å²) >= 11 is 0. The molecule has 4 N–H and O–H groups in total. The molecule has 0 spiro atoms. The molecule has 5 rings (SSSR count). The van der Waals surface area contributed by atoms with Gasteiger partial charge in [0.15, 0.2) is 0 Å². The molecule has 2 amide bonds. The average Bonchev–Trinajstić information content (AvgIpc) is 3.58. The molecule has 0 saturated carbocycles. The van der Waals surface area contributed by atoms with Gasteiger partial charge in [-0.2, -0.15) is 0 Å². The van der Waals surface area contributed by atoms with Gasteiger partial charge < -0.3 is 24.8 Å². The van der Waals surface area contributed by atoms with Crippen LogP contribution in [0, 0.1) is 12.3 Å². The summed E-state index contributed by atoms with van der Waals surface area (Å²) in [5.41, 5.74) is 11.1. The number of aromatic nitrogens is 2. The molecule has 0 radical (unpaired) electrons. The van der Waals surface area contributed by atoms with E-state index in [4.69, 9.17) is 20.6 Å². The van der Waals surface area contributed by atoms with Crippen molar-refractivity contribution in [3.05, 3.63) is 101 Å². The van der Waals surface area contributed by atoms with Crippen LogP contribution in [-0.4, -0.2) is 58.6 Å². The van der Waals surface area contributed by atoms with Crippen molar-refractivity contribution in [2.75, 3.05) is 19.9 Å². The number of esters is 1. The van der Waals surface area contributed by atoms with Crippen molar-refractivity contribution in [1.82, 2.24) is 20.2 Å². The lowest BCUT2D eigenvalue weighted by Crippen LogP contribution is -2.32. The Balaban J connectivity index is 1.47. The Kier molecular flexibility index (Phi) is 9.64. The number of rotatable bonds is 9. The minimum Gasteiger partial charge on any atom is -0.489 e. The molecule has 1 aromatic heterocycles.